The van der Waals surface area contributed by atoms with Crippen LogP contribution in [0.5, 0.6) is 0 Å². The average molecular weight is 309 g/mol. The Hall–Kier alpha value is -0.740. The van der Waals surface area contributed by atoms with Crippen molar-refractivity contribution in [2.45, 2.75) is 78.3 Å². The van der Waals surface area contributed by atoms with Crippen molar-refractivity contribution in [1.82, 2.24) is 4.90 Å². The number of halogens is 3. The molecule has 0 heterocycles. The fourth-order valence-electron chi connectivity index (χ4n) is 2.21. The summed E-state index contributed by atoms with van der Waals surface area (Å²) in [5.74, 6) is -1.75. The third kappa shape index (κ3) is 11.6. The Kier molecular flexibility index (Phi) is 8.98. The Morgan fingerprint density at radius 2 is 1.29 bits per heavy atom. The lowest BCUT2D eigenvalue weighted by atomic mass is 9.89. The minimum atomic E-state index is -4.75. The van der Waals surface area contributed by atoms with Gasteiger partial charge in [0, 0.05) is 13.6 Å². The summed E-state index contributed by atoms with van der Waals surface area (Å²) in [5, 5.41) is 0. The number of alkyl halides is 3. The summed E-state index contributed by atoms with van der Waals surface area (Å²) in [6.45, 7) is 6.91. The van der Waals surface area contributed by atoms with Crippen molar-refractivity contribution < 1.29 is 18.0 Å². The summed E-state index contributed by atoms with van der Waals surface area (Å²) in [5.41, 5.74) is 0.398. The molecule has 0 fully saturated rings. The molecule has 0 N–H and O–H groups in total. The van der Waals surface area contributed by atoms with Gasteiger partial charge in [-0.15, -0.1) is 0 Å². The lowest BCUT2D eigenvalue weighted by Crippen LogP contribution is -2.38. The van der Waals surface area contributed by atoms with Gasteiger partial charge in [-0.2, -0.15) is 13.2 Å². The van der Waals surface area contributed by atoms with E-state index in [2.05, 4.69) is 20.8 Å². The van der Waals surface area contributed by atoms with Crippen LogP contribution < -0.4 is 0 Å². The zero-order valence-electron chi connectivity index (χ0n) is 13.9. The molecule has 0 unspecified atom stereocenters. The Balaban J connectivity index is 3.47. The molecule has 5 heteroatoms. The number of unbranched alkanes of at least 4 members (excludes halogenated alkanes) is 6. The van der Waals surface area contributed by atoms with Gasteiger partial charge in [-0.25, -0.2) is 0 Å². The second-order valence-electron chi connectivity index (χ2n) is 7.01. The second-order valence-corrected chi connectivity index (χ2v) is 7.01. The van der Waals surface area contributed by atoms with Crippen LogP contribution in [-0.4, -0.2) is 30.6 Å². The number of amides is 1. The van der Waals surface area contributed by atoms with Crippen LogP contribution in [-0.2, 0) is 4.79 Å². The molecule has 0 aliphatic heterocycles. The maximum atomic E-state index is 12.1. The molecule has 0 bridgehead atoms. The van der Waals surface area contributed by atoms with Crippen molar-refractivity contribution in [2.24, 2.45) is 5.41 Å². The topological polar surface area (TPSA) is 20.3 Å². The first-order chi connectivity index (χ1) is 9.54. The lowest BCUT2D eigenvalue weighted by Gasteiger charge is -2.18. The zero-order chi connectivity index (χ0) is 16.5. The van der Waals surface area contributed by atoms with E-state index < -0.39 is 12.1 Å². The van der Waals surface area contributed by atoms with Crippen LogP contribution in [0, 0.1) is 5.41 Å². The number of hydrogen-bond acceptors (Lipinski definition) is 1. The van der Waals surface area contributed by atoms with Gasteiger partial charge in [0.25, 0.3) is 0 Å². The van der Waals surface area contributed by atoms with E-state index in [9.17, 15) is 18.0 Å². The molecular weight excluding hydrogens is 279 g/mol. The monoisotopic (exact) mass is 309 g/mol. The molecule has 0 rings (SSSR count). The van der Waals surface area contributed by atoms with Gasteiger partial charge < -0.3 is 4.90 Å². The van der Waals surface area contributed by atoms with E-state index >= 15 is 0 Å². The van der Waals surface area contributed by atoms with Crippen molar-refractivity contribution in [1.29, 1.82) is 0 Å². The van der Waals surface area contributed by atoms with Crippen LogP contribution in [0.25, 0.3) is 0 Å². The van der Waals surface area contributed by atoms with Gasteiger partial charge in [0.1, 0.15) is 0 Å². The number of rotatable bonds is 9. The van der Waals surface area contributed by atoms with Gasteiger partial charge in [0.05, 0.1) is 0 Å². The molecule has 1 amide bonds. The van der Waals surface area contributed by atoms with E-state index in [1.807, 2.05) is 0 Å². The normalized spacial score (nSPS) is 12.5. The van der Waals surface area contributed by atoms with E-state index in [-0.39, 0.29) is 6.54 Å². The highest BCUT2D eigenvalue weighted by Crippen LogP contribution is 2.22. The summed E-state index contributed by atoms with van der Waals surface area (Å²) in [4.78, 5) is 11.7. The zero-order valence-corrected chi connectivity index (χ0v) is 13.9. The Bertz CT molecular complexity index is 295. The van der Waals surface area contributed by atoms with Crippen molar-refractivity contribution in [2.75, 3.05) is 13.6 Å². The smallest absolute Gasteiger partial charge is 0.338 e. The molecule has 0 aliphatic rings. The van der Waals surface area contributed by atoms with E-state index in [1.54, 1.807) is 0 Å². The minimum Gasteiger partial charge on any atom is -0.338 e. The highest BCUT2D eigenvalue weighted by molar-refractivity contribution is 5.81. The van der Waals surface area contributed by atoms with Crippen molar-refractivity contribution >= 4 is 5.91 Å². The van der Waals surface area contributed by atoms with Crippen LogP contribution in [0.2, 0.25) is 0 Å². The molecule has 0 aromatic carbocycles. The fraction of sp³-hybridized carbons (Fsp3) is 0.938. The summed E-state index contributed by atoms with van der Waals surface area (Å²) >= 11 is 0. The molecule has 0 saturated heterocycles. The van der Waals surface area contributed by atoms with E-state index in [1.165, 1.54) is 32.7 Å². The van der Waals surface area contributed by atoms with E-state index in [4.69, 9.17) is 0 Å². The Labute approximate surface area is 127 Å². The molecule has 0 atom stereocenters. The molecule has 21 heavy (non-hydrogen) atoms. The van der Waals surface area contributed by atoms with Gasteiger partial charge in [-0.1, -0.05) is 59.3 Å². The van der Waals surface area contributed by atoms with Gasteiger partial charge >= 0.3 is 12.1 Å². The first-order valence-corrected chi connectivity index (χ1v) is 7.86. The van der Waals surface area contributed by atoms with Crippen LogP contribution >= 0.6 is 0 Å². The summed E-state index contributed by atoms with van der Waals surface area (Å²) in [7, 11) is 1.21. The predicted molar refractivity (Wildman–Crippen MR) is 80.1 cm³/mol. The van der Waals surface area contributed by atoms with Crippen molar-refractivity contribution in [3.05, 3.63) is 0 Å². The number of carbonyl (C=O) groups excluding carboxylic acids is 1. The molecule has 0 aliphatic carbocycles. The van der Waals surface area contributed by atoms with Gasteiger partial charge in [0.15, 0.2) is 0 Å². The summed E-state index contributed by atoms with van der Waals surface area (Å²) in [6, 6.07) is 0. The fourth-order valence-corrected chi connectivity index (χ4v) is 2.21. The number of nitrogens with zero attached hydrogens (tertiary/aromatic N) is 1. The van der Waals surface area contributed by atoms with E-state index in [0.717, 1.165) is 24.2 Å². The van der Waals surface area contributed by atoms with Crippen molar-refractivity contribution in [3.8, 4) is 0 Å². The maximum Gasteiger partial charge on any atom is 0.471 e. The van der Waals surface area contributed by atoms with Crippen LogP contribution in [0.3, 0.4) is 0 Å². The predicted octanol–water partition coefficient (Wildman–Crippen LogP) is 5.17. The number of carbonyl (C=O) groups is 1. The molecule has 0 saturated carbocycles. The van der Waals surface area contributed by atoms with Crippen LogP contribution in [0.15, 0.2) is 0 Å². The highest BCUT2D eigenvalue weighted by atomic mass is 19.4. The molecule has 0 radical (unpaired) electrons. The van der Waals surface area contributed by atoms with Gasteiger partial charge in [-0.05, 0) is 18.3 Å². The third-order valence-electron chi connectivity index (χ3n) is 3.51. The molecule has 2 nitrogen and oxygen atoms in total. The SMILES string of the molecule is CN(CCCCCCCCCC(C)(C)C)C(=O)C(F)(F)F. The maximum absolute atomic E-state index is 12.1. The first kappa shape index (κ1) is 20.3. The molecule has 0 spiro atoms. The number of hydrogen-bond donors (Lipinski definition) is 0. The first-order valence-electron chi connectivity index (χ1n) is 7.86. The largest absolute Gasteiger partial charge is 0.471 e. The summed E-state index contributed by atoms with van der Waals surface area (Å²) in [6.07, 6.45) is 3.82. The van der Waals surface area contributed by atoms with E-state index in [0.29, 0.717) is 11.8 Å². The molecule has 0 aromatic heterocycles. The third-order valence-corrected chi connectivity index (χ3v) is 3.51. The van der Waals surface area contributed by atoms with Gasteiger partial charge in [-0.3, -0.25) is 4.79 Å². The average Bonchev–Trinajstić information content (AvgIpc) is 2.33. The van der Waals surface area contributed by atoms with Crippen LogP contribution in [0.4, 0.5) is 13.2 Å². The molecular formula is C16H30F3NO. The summed E-state index contributed by atoms with van der Waals surface area (Å²) < 4.78 is 36.4. The standard InChI is InChI=1S/C16H30F3NO/c1-15(2,3)12-10-8-6-5-7-9-11-13-20(4)14(21)16(17,18)19/h5-13H2,1-4H3. The minimum absolute atomic E-state index is 0.183. The Morgan fingerprint density at radius 1 is 0.857 bits per heavy atom. The Morgan fingerprint density at radius 3 is 1.71 bits per heavy atom. The molecule has 126 valence electrons. The van der Waals surface area contributed by atoms with Gasteiger partial charge in [0.2, 0.25) is 0 Å². The quantitative estimate of drug-likeness (QED) is 0.538. The lowest BCUT2D eigenvalue weighted by molar-refractivity contribution is -0.184. The molecule has 0 aromatic rings. The van der Waals surface area contributed by atoms with Crippen LogP contribution in [0.1, 0.15) is 72.1 Å². The second kappa shape index (κ2) is 9.31. The van der Waals surface area contributed by atoms with Crippen molar-refractivity contribution in [3.63, 3.8) is 0 Å². The highest BCUT2D eigenvalue weighted by Gasteiger charge is 2.40.